The summed E-state index contributed by atoms with van der Waals surface area (Å²) in [6.45, 7) is 2.28. The first-order valence-electron chi connectivity index (χ1n) is 8.01. The summed E-state index contributed by atoms with van der Waals surface area (Å²) >= 11 is 5.94. The lowest BCUT2D eigenvalue weighted by Gasteiger charge is -2.03. The Morgan fingerprint density at radius 1 is 1.08 bits per heavy atom. The number of imidazole rings is 1. The zero-order valence-electron chi connectivity index (χ0n) is 13.8. The van der Waals surface area contributed by atoms with Gasteiger partial charge in [0.15, 0.2) is 5.78 Å². The van der Waals surface area contributed by atoms with Crippen LogP contribution in [0.1, 0.15) is 34.5 Å². The van der Waals surface area contributed by atoms with E-state index in [1.807, 2.05) is 35.7 Å². The van der Waals surface area contributed by atoms with Gasteiger partial charge in [0.2, 0.25) is 5.91 Å². The van der Waals surface area contributed by atoms with Crippen molar-refractivity contribution in [2.45, 2.75) is 26.3 Å². The first-order chi connectivity index (χ1) is 12.0. The van der Waals surface area contributed by atoms with Gasteiger partial charge in [-0.2, -0.15) is 0 Å². The number of hydrogen-bond acceptors (Lipinski definition) is 3. The number of carbonyl (C=O) groups is 2. The maximum Gasteiger partial charge on any atom is 0.220 e. The van der Waals surface area contributed by atoms with Crippen molar-refractivity contribution in [1.29, 1.82) is 0 Å². The number of fused-ring (bicyclic) bond motifs is 1. The molecule has 0 radical (unpaired) electrons. The molecule has 3 aromatic rings. The maximum atomic E-state index is 12.1. The van der Waals surface area contributed by atoms with Crippen LogP contribution in [-0.4, -0.2) is 21.1 Å². The normalized spacial score (nSPS) is 10.8. The van der Waals surface area contributed by atoms with E-state index in [2.05, 4.69) is 10.3 Å². The number of aryl methyl sites for hydroxylation is 1. The predicted octanol–water partition coefficient (Wildman–Crippen LogP) is 3.58. The van der Waals surface area contributed by atoms with Crippen molar-refractivity contribution in [2.24, 2.45) is 0 Å². The van der Waals surface area contributed by atoms with Crippen LogP contribution in [0, 0.1) is 6.92 Å². The van der Waals surface area contributed by atoms with E-state index in [1.54, 1.807) is 24.4 Å². The average Bonchev–Trinajstić information content (AvgIpc) is 3.00. The molecule has 5 nitrogen and oxygen atoms in total. The molecule has 0 saturated carbocycles. The van der Waals surface area contributed by atoms with Crippen molar-refractivity contribution in [3.05, 3.63) is 70.6 Å². The summed E-state index contributed by atoms with van der Waals surface area (Å²) in [6.07, 6.45) is 3.93. The highest BCUT2D eigenvalue weighted by Gasteiger charge is 2.10. The molecule has 0 aliphatic heterocycles. The molecule has 0 saturated heterocycles. The average molecular weight is 356 g/mol. The third-order valence-corrected chi connectivity index (χ3v) is 4.11. The van der Waals surface area contributed by atoms with Crippen LogP contribution in [0.15, 0.2) is 48.8 Å². The predicted molar refractivity (Wildman–Crippen MR) is 96.8 cm³/mol. The van der Waals surface area contributed by atoms with Crippen LogP contribution in [0.2, 0.25) is 5.02 Å². The Bertz CT molecular complexity index is 916. The summed E-state index contributed by atoms with van der Waals surface area (Å²) in [5.41, 5.74) is 3.24. The Balaban J connectivity index is 1.50. The third-order valence-electron chi connectivity index (χ3n) is 3.88. The molecule has 25 heavy (non-hydrogen) atoms. The molecule has 2 aromatic heterocycles. The van der Waals surface area contributed by atoms with E-state index in [0.717, 1.165) is 16.9 Å². The fraction of sp³-hybridized carbons (Fsp3) is 0.211. The van der Waals surface area contributed by atoms with Gasteiger partial charge in [0, 0.05) is 30.8 Å². The first-order valence-corrected chi connectivity index (χ1v) is 8.39. The molecule has 1 amide bonds. The molecule has 0 aliphatic carbocycles. The number of halogens is 1. The molecule has 1 N–H and O–H groups in total. The van der Waals surface area contributed by atoms with Crippen molar-refractivity contribution >= 4 is 28.9 Å². The molecule has 0 unspecified atom stereocenters. The highest BCUT2D eigenvalue weighted by Crippen LogP contribution is 2.12. The molecule has 0 bridgehead atoms. The minimum Gasteiger partial charge on any atom is -0.350 e. The monoisotopic (exact) mass is 355 g/mol. The van der Waals surface area contributed by atoms with Crippen LogP contribution in [-0.2, 0) is 11.3 Å². The summed E-state index contributed by atoms with van der Waals surface area (Å²) in [5, 5.41) is 3.41. The molecule has 3 rings (SSSR count). The van der Waals surface area contributed by atoms with Gasteiger partial charge in [-0.05, 0) is 19.1 Å². The van der Waals surface area contributed by atoms with Gasteiger partial charge in [0.25, 0.3) is 0 Å². The molecule has 1 aromatic carbocycles. The smallest absolute Gasteiger partial charge is 0.220 e. The number of aromatic nitrogens is 2. The number of carbonyl (C=O) groups excluding carboxylic acids is 2. The van der Waals surface area contributed by atoms with E-state index in [4.69, 9.17) is 11.6 Å². The third kappa shape index (κ3) is 4.45. The second-order valence-electron chi connectivity index (χ2n) is 5.91. The molecular weight excluding hydrogens is 338 g/mol. The van der Waals surface area contributed by atoms with E-state index < -0.39 is 0 Å². The molecule has 0 aliphatic rings. The number of benzene rings is 1. The summed E-state index contributed by atoms with van der Waals surface area (Å²) in [7, 11) is 0. The van der Waals surface area contributed by atoms with Crippen LogP contribution >= 0.6 is 11.6 Å². The summed E-state index contributed by atoms with van der Waals surface area (Å²) in [4.78, 5) is 28.4. The number of pyridine rings is 1. The van der Waals surface area contributed by atoms with Crippen molar-refractivity contribution in [3.63, 3.8) is 0 Å². The minimum atomic E-state index is -0.171. The van der Waals surface area contributed by atoms with Crippen molar-refractivity contribution < 1.29 is 9.59 Å². The molecule has 128 valence electrons. The van der Waals surface area contributed by atoms with E-state index in [1.165, 1.54) is 0 Å². The van der Waals surface area contributed by atoms with Crippen LogP contribution in [0.5, 0.6) is 0 Å². The molecule has 2 heterocycles. The lowest BCUT2D eigenvalue weighted by Crippen LogP contribution is -2.23. The van der Waals surface area contributed by atoms with Gasteiger partial charge in [-0.15, -0.1) is 0 Å². The lowest BCUT2D eigenvalue weighted by molar-refractivity contribution is -0.121. The van der Waals surface area contributed by atoms with Crippen LogP contribution in [0.3, 0.4) is 0 Å². The van der Waals surface area contributed by atoms with Crippen LogP contribution in [0.4, 0.5) is 0 Å². The fourth-order valence-electron chi connectivity index (χ4n) is 2.49. The topological polar surface area (TPSA) is 63.5 Å². The Kier molecular flexibility index (Phi) is 5.14. The van der Waals surface area contributed by atoms with Gasteiger partial charge in [-0.3, -0.25) is 9.59 Å². The van der Waals surface area contributed by atoms with Gasteiger partial charge in [0.05, 0.1) is 17.3 Å². The Morgan fingerprint density at radius 2 is 1.84 bits per heavy atom. The highest BCUT2D eigenvalue weighted by molar-refractivity contribution is 6.30. The number of ketones is 1. The number of Topliss-reactive ketones (excluding diaryl/α,β-unsaturated/α-hetero) is 1. The summed E-state index contributed by atoms with van der Waals surface area (Å²) < 4.78 is 1.81. The van der Waals surface area contributed by atoms with E-state index >= 15 is 0 Å². The number of nitrogens with one attached hydrogen (secondary N) is 1. The standard InChI is InChI=1S/C19H18ClN3O2/c1-13-2-4-14(5-3-13)17(24)7-9-19(25)21-10-16-12-23-11-15(20)6-8-18(23)22-16/h2-6,8,11-12H,7,9-10H2,1H3,(H,21,25). The van der Waals surface area contributed by atoms with Gasteiger partial charge in [0.1, 0.15) is 5.65 Å². The number of nitrogens with zero attached hydrogens (tertiary/aromatic N) is 2. The Labute approximate surface area is 150 Å². The highest BCUT2D eigenvalue weighted by atomic mass is 35.5. The SMILES string of the molecule is Cc1ccc(C(=O)CCC(=O)NCc2cn3cc(Cl)ccc3n2)cc1. The Morgan fingerprint density at radius 3 is 2.60 bits per heavy atom. The van der Waals surface area contributed by atoms with Gasteiger partial charge < -0.3 is 9.72 Å². The molecule has 0 fully saturated rings. The van der Waals surface area contributed by atoms with Crippen LogP contribution in [0.25, 0.3) is 5.65 Å². The minimum absolute atomic E-state index is 0.0301. The zero-order valence-corrected chi connectivity index (χ0v) is 14.6. The Hall–Kier alpha value is -2.66. The van der Waals surface area contributed by atoms with Gasteiger partial charge in [-0.25, -0.2) is 4.98 Å². The zero-order chi connectivity index (χ0) is 17.8. The molecule has 6 heteroatoms. The number of hydrogen-bond donors (Lipinski definition) is 1. The van der Waals surface area contributed by atoms with Crippen LogP contribution < -0.4 is 5.32 Å². The molecule has 0 atom stereocenters. The summed E-state index contributed by atoms with van der Waals surface area (Å²) in [6, 6.07) is 10.9. The quantitative estimate of drug-likeness (QED) is 0.687. The summed E-state index contributed by atoms with van der Waals surface area (Å²) in [5.74, 6) is -0.201. The van der Waals surface area contributed by atoms with Gasteiger partial charge >= 0.3 is 0 Å². The second-order valence-corrected chi connectivity index (χ2v) is 6.35. The maximum absolute atomic E-state index is 12.1. The molecular formula is C19H18ClN3O2. The lowest BCUT2D eigenvalue weighted by atomic mass is 10.1. The first kappa shape index (κ1) is 17.2. The fourth-order valence-corrected chi connectivity index (χ4v) is 2.66. The number of amides is 1. The second kappa shape index (κ2) is 7.49. The molecule has 0 spiro atoms. The van der Waals surface area contributed by atoms with Gasteiger partial charge in [-0.1, -0.05) is 41.4 Å². The van der Waals surface area contributed by atoms with E-state index in [0.29, 0.717) is 17.1 Å². The van der Waals surface area contributed by atoms with Crippen molar-refractivity contribution in [1.82, 2.24) is 14.7 Å². The van der Waals surface area contributed by atoms with E-state index in [-0.39, 0.29) is 24.5 Å². The van der Waals surface area contributed by atoms with E-state index in [9.17, 15) is 9.59 Å². The largest absolute Gasteiger partial charge is 0.350 e. The van der Waals surface area contributed by atoms with Crippen molar-refractivity contribution in [2.75, 3.05) is 0 Å². The van der Waals surface area contributed by atoms with Crippen molar-refractivity contribution in [3.8, 4) is 0 Å². The number of rotatable bonds is 6.